The number of hydrogen-bond donors (Lipinski definition) is 2. The van der Waals surface area contributed by atoms with Crippen LogP contribution in [0.1, 0.15) is 12.5 Å². The zero-order valence-corrected chi connectivity index (χ0v) is 7.87. The van der Waals surface area contributed by atoms with Crippen LogP contribution in [0.3, 0.4) is 0 Å². The van der Waals surface area contributed by atoms with Crippen molar-refractivity contribution in [2.45, 2.75) is 13.3 Å². The fraction of sp³-hybridized carbons (Fsp3) is 0.200. The van der Waals surface area contributed by atoms with Crippen molar-refractivity contribution in [1.29, 1.82) is 0 Å². The lowest BCUT2D eigenvalue weighted by molar-refractivity contribution is 1.08. The van der Waals surface area contributed by atoms with Crippen molar-refractivity contribution >= 4 is 16.7 Å². The first-order chi connectivity index (χ1) is 6.70. The molecule has 0 bridgehead atoms. The summed E-state index contributed by atoms with van der Waals surface area (Å²) < 4.78 is 0. The van der Waals surface area contributed by atoms with Crippen molar-refractivity contribution < 1.29 is 0 Å². The van der Waals surface area contributed by atoms with Crippen LogP contribution < -0.4 is 11.3 Å². The van der Waals surface area contributed by atoms with Gasteiger partial charge in [-0.25, -0.2) is 4.98 Å². The van der Waals surface area contributed by atoms with E-state index in [4.69, 9.17) is 5.73 Å². The molecule has 2 aromatic rings. The van der Waals surface area contributed by atoms with Crippen molar-refractivity contribution in [3.63, 3.8) is 0 Å². The van der Waals surface area contributed by atoms with E-state index in [0.29, 0.717) is 5.82 Å². The second kappa shape index (κ2) is 3.14. The highest BCUT2D eigenvalue weighted by Gasteiger charge is 2.01. The number of nitrogens with zero attached hydrogens (tertiary/aromatic N) is 1. The van der Waals surface area contributed by atoms with E-state index in [1.807, 2.05) is 13.0 Å². The van der Waals surface area contributed by atoms with Gasteiger partial charge in [-0.15, -0.1) is 0 Å². The average Bonchev–Trinajstić information content (AvgIpc) is 2.16. The molecule has 0 aliphatic heterocycles. The second-order valence-corrected chi connectivity index (χ2v) is 3.17. The maximum atomic E-state index is 11.5. The largest absolute Gasteiger partial charge is 0.384 e. The minimum atomic E-state index is -0.0504. The molecule has 3 N–H and O–H groups in total. The number of pyridine rings is 2. The van der Waals surface area contributed by atoms with Gasteiger partial charge in [0.2, 0.25) is 0 Å². The number of fused-ring (bicyclic) bond motifs is 1. The molecule has 0 radical (unpaired) electrons. The Morgan fingerprint density at radius 2 is 2.29 bits per heavy atom. The van der Waals surface area contributed by atoms with Gasteiger partial charge in [0, 0.05) is 23.2 Å². The Balaban J connectivity index is 2.79. The lowest BCUT2D eigenvalue weighted by Crippen LogP contribution is -2.11. The molecule has 0 fully saturated rings. The molecular weight excluding hydrogens is 178 g/mol. The number of aromatic nitrogens is 2. The predicted molar refractivity (Wildman–Crippen MR) is 56.2 cm³/mol. The Kier molecular flexibility index (Phi) is 1.96. The molecule has 0 spiro atoms. The first kappa shape index (κ1) is 8.74. The van der Waals surface area contributed by atoms with E-state index < -0.39 is 0 Å². The van der Waals surface area contributed by atoms with Gasteiger partial charge in [0.15, 0.2) is 0 Å². The lowest BCUT2D eigenvalue weighted by Gasteiger charge is -2.00. The summed E-state index contributed by atoms with van der Waals surface area (Å²) in [5.41, 5.74) is 6.96. The van der Waals surface area contributed by atoms with Gasteiger partial charge >= 0.3 is 0 Å². The van der Waals surface area contributed by atoms with Crippen LogP contribution in [0.15, 0.2) is 23.1 Å². The highest BCUT2D eigenvalue weighted by Crippen LogP contribution is 2.11. The molecule has 0 unspecified atom stereocenters. The summed E-state index contributed by atoms with van der Waals surface area (Å²) >= 11 is 0. The van der Waals surface area contributed by atoms with Crippen molar-refractivity contribution in [3.8, 4) is 0 Å². The Bertz CT molecular complexity index is 530. The van der Waals surface area contributed by atoms with E-state index >= 15 is 0 Å². The fourth-order valence-corrected chi connectivity index (χ4v) is 1.42. The highest BCUT2D eigenvalue weighted by molar-refractivity contribution is 5.79. The van der Waals surface area contributed by atoms with Gasteiger partial charge in [-0.3, -0.25) is 4.79 Å². The second-order valence-electron chi connectivity index (χ2n) is 3.17. The van der Waals surface area contributed by atoms with Gasteiger partial charge in [-0.05, 0) is 12.5 Å². The quantitative estimate of drug-likeness (QED) is 0.704. The topological polar surface area (TPSA) is 71.8 Å². The van der Waals surface area contributed by atoms with Gasteiger partial charge in [0.1, 0.15) is 5.82 Å². The third-order valence-electron chi connectivity index (χ3n) is 2.21. The summed E-state index contributed by atoms with van der Waals surface area (Å²) in [5.74, 6) is 0.414. The number of anilines is 1. The van der Waals surface area contributed by atoms with Gasteiger partial charge in [-0.1, -0.05) is 6.92 Å². The number of aryl methyl sites for hydroxylation is 1. The zero-order chi connectivity index (χ0) is 10.1. The average molecular weight is 189 g/mol. The number of nitrogens with one attached hydrogen (secondary N) is 1. The van der Waals surface area contributed by atoms with E-state index in [9.17, 15) is 4.79 Å². The van der Waals surface area contributed by atoms with Crippen molar-refractivity contribution in [1.82, 2.24) is 9.97 Å². The van der Waals surface area contributed by atoms with E-state index in [0.717, 1.165) is 22.9 Å². The standard InChI is InChI=1S/C10H11N3O/c1-2-6-3-7-5-12-9(11)4-8(7)13-10(6)14/h3-5H,2H2,1H3,(H2,11,12)(H,13,14). The number of hydrogen-bond acceptors (Lipinski definition) is 3. The molecule has 4 heteroatoms. The molecule has 0 atom stereocenters. The van der Waals surface area contributed by atoms with Crippen LogP contribution in [0.5, 0.6) is 0 Å². The van der Waals surface area contributed by atoms with Gasteiger partial charge in [0.25, 0.3) is 5.56 Å². The number of nitrogens with two attached hydrogens (primary N) is 1. The van der Waals surface area contributed by atoms with E-state index in [1.165, 1.54) is 0 Å². The number of rotatable bonds is 1. The van der Waals surface area contributed by atoms with Gasteiger partial charge in [-0.2, -0.15) is 0 Å². The van der Waals surface area contributed by atoms with Gasteiger partial charge < -0.3 is 10.7 Å². The Labute approximate surface area is 80.8 Å². The number of H-pyrrole nitrogens is 1. The van der Waals surface area contributed by atoms with E-state index in [2.05, 4.69) is 9.97 Å². The first-order valence-electron chi connectivity index (χ1n) is 4.48. The summed E-state index contributed by atoms with van der Waals surface area (Å²) in [6.07, 6.45) is 2.38. The molecule has 0 aliphatic carbocycles. The minimum Gasteiger partial charge on any atom is -0.384 e. The molecule has 4 nitrogen and oxygen atoms in total. The van der Waals surface area contributed by atoms with E-state index in [-0.39, 0.29) is 5.56 Å². The first-order valence-corrected chi connectivity index (χ1v) is 4.48. The molecule has 72 valence electrons. The summed E-state index contributed by atoms with van der Waals surface area (Å²) in [6, 6.07) is 3.51. The monoisotopic (exact) mass is 189 g/mol. The SMILES string of the molecule is CCc1cc2cnc(N)cc2[nH]c1=O. The van der Waals surface area contributed by atoms with Crippen LogP contribution in [0.25, 0.3) is 10.9 Å². The smallest absolute Gasteiger partial charge is 0.251 e. The molecule has 2 rings (SSSR count). The van der Waals surface area contributed by atoms with Crippen LogP contribution in [0, 0.1) is 0 Å². The molecule has 0 aromatic carbocycles. The van der Waals surface area contributed by atoms with Crippen LogP contribution in [0.2, 0.25) is 0 Å². The maximum absolute atomic E-state index is 11.5. The lowest BCUT2D eigenvalue weighted by atomic mass is 10.1. The van der Waals surface area contributed by atoms with Crippen LogP contribution in [-0.2, 0) is 6.42 Å². The summed E-state index contributed by atoms with van der Waals surface area (Å²) in [5, 5.41) is 0.913. The molecular formula is C10H11N3O. The number of nitrogen functional groups attached to an aromatic ring is 1. The molecule has 2 heterocycles. The highest BCUT2D eigenvalue weighted by atomic mass is 16.1. The molecule has 0 aliphatic rings. The van der Waals surface area contributed by atoms with Crippen molar-refractivity contribution in [2.75, 3.05) is 5.73 Å². The van der Waals surface area contributed by atoms with Crippen LogP contribution >= 0.6 is 0 Å². The Hall–Kier alpha value is -1.84. The molecule has 0 saturated heterocycles. The van der Waals surface area contributed by atoms with Crippen molar-refractivity contribution in [3.05, 3.63) is 34.2 Å². The maximum Gasteiger partial charge on any atom is 0.251 e. The predicted octanol–water partition coefficient (Wildman–Crippen LogP) is 1.07. The Morgan fingerprint density at radius 3 is 3.00 bits per heavy atom. The number of aromatic amines is 1. The molecule has 2 aromatic heterocycles. The fourth-order valence-electron chi connectivity index (χ4n) is 1.42. The normalized spacial score (nSPS) is 10.6. The molecule has 14 heavy (non-hydrogen) atoms. The van der Waals surface area contributed by atoms with E-state index in [1.54, 1.807) is 12.3 Å². The zero-order valence-electron chi connectivity index (χ0n) is 7.87. The van der Waals surface area contributed by atoms with Crippen molar-refractivity contribution in [2.24, 2.45) is 0 Å². The summed E-state index contributed by atoms with van der Waals surface area (Å²) in [7, 11) is 0. The molecule has 0 saturated carbocycles. The summed E-state index contributed by atoms with van der Waals surface area (Å²) in [4.78, 5) is 18.2. The third-order valence-corrected chi connectivity index (χ3v) is 2.21. The third kappa shape index (κ3) is 1.35. The minimum absolute atomic E-state index is 0.0504. The van der Waals surface area contributed by atoms with Crippen LogP contribution in [-0.4, -0.2) is 9.97 Å². The summed E-state index contributed by atoms with van der Waals surface area (Å²) in [6.45, 7) is 1.95. The van der Waals surface area contributed by atoms with Gasteiger partial charge in [0.05, 0.1) is 5.52 Å². The van der Waals surface area contributed by atoms with Crippen LogP contribution in [0.4, 0.5) is 5.82 Å². The molecule has 0 amide bonds. The Morgan fingerprint density at radius 1 is 1.50 bits per heavy atom.